The Morgan fingerprint density at radius 1 is 1.50 bits per heavy atom. The summed E-state index contributed by atoms with van der Waals surface area (Å²) in [5.41, 5.74) is 0.771. The van der Waals surface area contributed by atoms with Gasteiger partial charge in [-0.1, -0.05) is 0 Å². The zero-order valence-electron chi connectivity index (χ0n) is 7.89. The van der Waals surface area contributed by atoms with E-state index in [0.717, 1.165) is 10.7 Å². The molecule has 0 aliphatic carbocycles. The predicted molar refractivity (Wildman–Crippen MR) is 53.5 cm³/mol. The maximum Gasteiger partial charge on any atom is 0.290 e. The van der Waals surface area contributed by atoms with E-state index >= 15 is 0 Å². The molecule has 4 nitrogen and oxygen atoms in total. The zero-order chi connectivity index (χ0) is 10.1. The number of hydrogen-bond donors (Lipinski definition) is 0. The number of rotatable bonds is 1. The van der Waals surface area contributed by atoms with E-state index in [1.54, 1.807) is 18.5 Å². The van der Waals surface area contributed by atoms with E-state index in [-0.39, 0.29) is 5.91 Å². The molecule has 14 heavy (non-hydrogen) atoms. The minimum atomic E-state index is -0.113. The molecular formula is C9H9N3OS. The molecule has 0 radical (unpaired) electrons. The van der Waals surface area contributed by atoms with Gasteiger partial charge >= 0.3 is 0 Å². The van der Waals surface area contributed by atoms with Gasteiger partial charge in [0.15, 0.2) is 0 Å². The van der Waals surface area contributed by atoms with Gasteiger partial charge in [0.25, 0.3) is 5.91 Å². The summed E-state index contributed by atoms with van der Waals surface area (Å²) in [6, 6.07) is 1.72. The second-order valence-corrected chi connectivity index (χ2v) is 4.11. The zero-order valence-corrected chi connectivity index (χ0v) is 8.71. The Morgan fingerprint density at radius 2 is 2.29 bits per heavy atom. The van der Waals surface area contributed by atoms with Crippen molar-refractivity contribution in [2.24, 2.45) is 0 Å². The standard InChI is InChI=1S/C9H9N3OS/c1-6-8(14-7(2)11-6)9(13)12-5-3-4-10-12/h3-5H,1-2H3. The molecule has 2 rings (SSSR count). The van der Waals surface area contributed by atoms with Crippen molar-refractivity contribution in [1.82, 2.24) is 14.8 Å². The number of aryl methyl sites for hydroxylation is 2. The fraction of sp³-hybridized carbons (Fsp3) is 0.222. The van der Waals surface area contributed by atoms with Crippen LogP contribution in [0.15, 0.2) is 18.5 Å². The molecule has 2 heterocycles. The van der Waals surface area contributed by atoms with Crippen LogP contribution in [0, 0.1) is 13.8 Å². The van der Waals surface area contributed by atoms with Gasteiger partial charge in [-0.05, 0) is 19.9 Å². The highest BCUT2D eigenvalue weighted by Gasteiger charge is 2.15. The first-order valence-electron chi connectivity index (χ1n) is 4.17. The van der Waals surface area contributed by atoms with Crippen LogP contribution in [0.3, 0.4) is 0 Å². The minimum Gasteiger partial charge on any atom is -0.266 e. The highest BCUT2D eigenvalue weighted by molar-refractivity contribution is 7.13. The number of hydrogen-bond acceptors (Lipinski definition) is 4. The van der Waals surface area contributed by atoms with Gasteiger partial charge in [-0.3, -0.25) is 4.79 Å². The Balaban J connectivity index is 2.41. The van der Waals surface area contributed by atoms with E-state index in [1.165, 1.54) is 16.0 Å². The molecule has 0 spiro atoms. The number of aromatic nitrogens is 3. The Labute approximate surface area is 85.2 Å². The number of carbonyl (C=O) groups is 1. The topological polar surface area (TPSA) is 47.8 Å². The Hall–Kier alpha value is -1.49. The van der Waals surface area contributed by atoms with Crippen LogP contribution in [-0.2, 0) is 0 Å². The normalized spacial score (nSPS) is 10.4. The van der Waals surface area contributed by atoms with E-state index in [9.17, 15) is 4.79 Å². The van der Waals surface area contributed by atoms with Crippen molar-refractivity contribution in [3.8, 4) is 0 Å². The molecule has 72 valence electrons. The highest BCUT2D eigenvalue weighted by atomic mass is 32.1. The van der Waals surface area contributed by atoms with Crippen LogP contribution in [0.4, 0.5) is 0 Å². The van der Waals surface area contributed by atoms with E-state index in [4.69, 9.17) is 0 Å². The van der Waals surface area contributed by atoms with E-state index in [1.807, 2.05) is 13.8 Å². The van der Waals surface area contributed by atoms with Gasteiger partial charge in [-0.25, -0.2) is 9.67 Å². The van der Waals surface area contributed by atoms with Crippen molar-refractivity contribution in [1.29, 1.82) is 0 Å². The molecule has 0 aliphatic heterocycles. The molecule has 0 unspecified atom stereocenters. The maximum atomic E-state index is 11.8. The van der Waals surface area contributed by atoms with Gasteiger partial charge in [0.05, 0.1) is 10.7 Å². The molecule has 0 amide bonds. The van der Waals surface area contributed by atoms with Gasteiger partial charge in [0.1, 0.15) is 4.88 Å². The first-order valence-corrected chi connectivity index (χ1v) is 4.98. The molecule has 2 aromatic heterocycles. The first kappa shape index (κ1) is 9.08. The lowest BCUT2D eigenvalue weighted by Gasteiger charge is -1.96. The lowest BCUT2D eigenvalue weighted by Crippen LogP contribution is -2.11. The number of carbonyl (C=O) groups excluding carboxylic acids is 1. The SMILES string of the molecule is Cc1nc(C)c(C(=O)n2cccn2)s1. The Morgan fingerprint density at radius 3 is 2.79 bits per heavy atom. The average molecular weight is 207 g/mol. The summed E-state index contributed by atoms with van der Waals surface area (Å²) in [6.07, 6.45) is 3.22. The Bertz CT molecular complexity index is 458. The van der Waals surface area contributed by atoms with E-state index in [2.05, 4.69) is 10.1 Å². The fourth-order valence-electron chi connectivity index (χ4n) is 1.22. The largest absolute Gasteiger partial charge is 0.290 e. The molecule has 0 saturated carbocycles. The lowest BCUT2D eigenvalue weighted by molar-refractivity contribution is 0.0948. The fourth-order valence-corrected chi connectivity index (χ4v) is 2.07. The maximum absolute atomic E-state index is 11.8. The third kappa shape index (κ3) is 1.46. The van der Waals surface area contributed by atoms with Crippen LogP contribution in [0.1, 0.15) is 20.4 Å². The van der Waals surface area contributed by atoms with Crippen LogP contribution < -0.4 is 0 Å². The summed E-state index contributed by atoms with van der Waals surface area (Å²) in [5.74, 6) is -0.113. The third-order valence-corrected chi connectivity index (χ3v) is 2.87. The molecule has 0 aliphatic rings. The van der Waals surface area contributed by atoms with E-state index in [0.29, 0.717) is 4.88 Å². The predicted octanol–water partition coefficient (Wildman–Crippen LogP) is 1.64. The van der Waals surface area contributed by atoms with Crippen LogP contribution >= 0.6 is 11.3 Å². The molecule has 0 atom stereocenters. The van der Waals surface area contributed by atoms with Crippen molar-refractivity contribution < 1.29 is 4.79 Å². The van der Waals surface area contributed by atoms with Gasteiger partial charge in [-0.15, -0.1) is 11.3 Å². The van der Waals surface area contributed by atoms with Crippen molar-refractivity contribution >= 4 is 17.2 Å². The van der Waals surface area contributed by atoms with Gasteiger partial charge < -0.3 is 0 Å². The summed E-state index contributed by atoms with van der Waals surface area (Å²) >= 11 is 1.40. The van der Waals surface area contributed by atoms with Crippen molar-refractivity contribution in [2.45, 2.75) is 13.8 Å². The lowest BCUT2D eigenvalue weighted by atomic mass is 10.4. The number of nitrogens with zero attached hydrogens (tertiary/aromatic N) is 3. The molecular weight excluding hydrogens is 198 g/mol. The molecule has 0 fully saturated rings. The van der Waals surface area contributed by atoms with Gasteiger partial charge in [0, 0.05) is 12.4 Å². The molecule has 5 heteroatoms. The highest BCUT2D eigenvalue weighted by Crippen LogP contribution is 2.17. The van der Waals surface area contributed by atoms with Crippen molar-refractivity contribution in [3.63, 3.8) is 0 Å². The Kier molecular flexibility index (Phi) is 2.17. The third-order valence-electron chi connectivity index (χ3n) is 1.81. The van der Waals surface area contributed by atoms with Crippen LogP contribution in [-0.4, -0.2) is 20.7 Å². The molecule has 0 aromatic carbocycles. The summed E-state index contributed by atoms with van der Waals surface area (Å²) < 4.78 is 1.32. The van der Waals surface area contributed by atoms with Crippen LogP contribution in [0.2, 0.25) is 0 Å². The van der Waals surface area contributed by atoms with Gasteiger partial charge in [0.2, 0.25) is 0 Å². The quantitative estimate of drug-likeness (QED) is 0.714. The monoisotopic (exact) mass is 207 g/mol. The smallest absolute Gasteiger partial charge is 0.266 e. The van der Waals surface area contributed by atoms with Crippen molar-refractivity contribution in [2.75, 3.05) is 0 Å². The summed E-state index contributed by atoms with van der Waals surface area (Å²) in [7, 11) is 0. The minimum absolute atomic E-state index is 0.113. The molecule has 2 aromatic rings. The molecule has 0 bridgehead atoms. The van der Waals surface area contributed by atoms with Gasteiger partial charge in [-0.2, -0.15) is 5.10 Å². The average Bonchev–Trinajstić information content (AvgIpc) is 2.73. The van der Waals surface area contributed by atoms with Crippen LogP contribution in [0.25, 0.3) is 0 Å². The number of thiazole rings is 1. The second kappa shape index (κ2) is 3.34. The first-order chi connectivity index (χ1) is 6.68. The summed E-state index contributed by atoms with van der Waals surface area (Å²) in [6.45, 7) is 3.72. The molecule has 0 N–H and O–H groups in total. The van der Waals surface area contributed by atoms with Crippen LogP contribution in [0.5, 0.6) is 0 Å². The molecule has 0 saturated heterocycles. The van der Waals surface area contributed by atoms with Crippen molar-refractivity contribution in [3.05, 3.63) is 34.0 Å². The second-order valence-electron chi connectivity index (χ2n) is 2.90. The summed E-state index contributed by atoms with van der Waals surface area (Å²) in [5, 5.41) is 4.79. The van der Waals surface area contributed by atoms with E-state index < -0.39 is 0 Å². The summed E-state index contributed by atoms with van der Waals surface area (Å²) in [4.78, 5) is 16.7.